The molecule has 2 aromatic carbocycles. The molecule has 0 radical (unpaired) electrons. The largest absolute Gasteiger partial charge is 0.387 e. The van der Waals surface area contributed by atoms with Crippen LogP contribution in [0.5, 0.6) is 0 Å². The predicted molar refractivity (Wildman–Crippen MR) is 155 cm³/mol. The topological polar surface area (TPSA) is 90.7 Å². The SMILES string of the molecule is O=C(N1CCC(O)(Cn2cnc(-c3ccccc3)cc2=O)C2(CCCCC2)C1)N1CCNC[C@H]1c1ccccc1. The number of hydrogen-bond donors (Lipinski definition) is 2. The number of nitrogens with one attached hydrogen (secondary N) is 1. The van der Waals surface area contributed by atoms with Crippen LogP contribution in [0.15, 0.2) is 77.9 Å². The number of aliphatic hydroxyl groups is 1. The molecule has 2 atom stereocenters. The second-order valence-corrected chi connectivity index (χ2v) is 11.8. The van der Waals surface area contributed by atoms with Crippen molar-refractivity contribution in [2.45, 2.75) is 56.7 Å². The fourth-order valence-electron chi connectivity index (χ4n) is 7.12. The Balaban J connectivity index is 1.24. The van der Waals surface area contributed by atoms with Crippen molar-refractivity contribution in [1.82, 2.24) is 24.7 Å². The highest BCUT2D eigenvalue weighted by Gasteiger charge is 2.55. The van der Waals surface area contributed by atoms with Gasteiger partial charge in [-0.1, -0.05) is 79.9 Å². The Morgan fingerprint density at radius 2 is 1.70 bits per heavy atom. The van der Waals surface area contributed by atoms with Crippen LogP contribution in [0.3, 0.4) is 0 Å². The third-order valence-electron chi connectivity index (χ3n) is 9.41. The van der Waals surface area contributed by atoms with E-state index in [9.17, 15) is 14.7 Å². The maximum Gasteiger partial charge on any atom is 0.320 e. The van der Waals surface area contributed by atoms with Gasteiger partial charge in [-0.15, -0.1) is 0 Å². The molecule has 3 fully saturated rings. The summed E-state index contributed by atoms with van der Waals surface area (Å²) in [6.45, 7) is 3.32. The highest BCUT2D eigenvalue weighted by molar-refractivity contribution is 5.75. The van der Waals surface area contributed by atoms with Crippen LogP contribution in [0.1, 0.15) is 50.1 Å². The Morgan fingerprint density at radius 1 is 0.975 bits per heavy atom. The number of benzene rings is 2. The molecule has 1 unspecified atom stereocenters. The van der Waals surface area contributed by atoms with Crippen molar-refractivity contribution in [3.05, 3.63) is 89.0 Å². The number of piperazine rings is 1. The van der Waals surface area contributed by atoms with E-state index in [1.54, 1.807) is 17.0 Å². The minimum absolute atomic E-state index is 0.0154. The van der Waals surface area contributed by atoms with Crippen molar-refractivity contribution in [1.29, 1.82) is 0 Å². The molecule has 0 bridgehead atoms. The minimum Gasteiger partial charge on any atom is -0.387 e. The van der Waals surface area contributed by atoms with E-state index in [1.165, 1.54) is 0 Å². The lowest BCUT2D eigenvalue weighted by molar-refractivity contribution is -0.154. The Bertz CT molecular complexity index is 1370. The lowest BCUT2D eigenvalue weighted by Crippen LogP contribution is -2.65. The lowest BCUT2D eigenvalue weighted by atomic mass is 9.60. The summed E-state index contributed by atoms with van der Waals surface area (Å²) in [5, 5.41) is 15.7. The van der Waals surface area contributed by atoms with E-state index in [0.29, 0.717) is 31.7 Å². The van der Waals surface area contributed by atoms with Crippen LogP contribution in [0.25, 0.3) is 11.3 Å². The number of urea groups is 1. The first-order chi connectivity index (χ1) is 19.5. The van der Waals surface area contributed by atoms with Gasteiger partial charge in [-0.2, -0.15) is 0 Å². The van der Waals surface area contributed by atoms with Crippen molar-refractivity contribution >= 4 is 6.03 Å². The zero-order chi connectivity index (χ0) is 27.6. The number of rotatable bonds is 4. The molecule has 1 aromatic heterocycles. The molecule has 2 saturated heterocycles. The Hall–Kier alpha value is -3.49. The number of hydrogen-bond acceptors (Lipinski definition) is 5. The lowest BCUT2D eigenvalue weighted by Gasteiger charge is -2.56. The fraction of sp³-hybridized carbons (Fsp3) is 0.469. The molecular formula is C32H39N5O3. The molecular weight excluding hydrogens is 502 g/mol. The number of aromatic nitrogens is 2. The first-order valence-electron chi connectivity index (χ1n) is 14.6. The van der Waals surface area contributed by atoms with Crippen molar-refractivity contribution in [3.8, 4) is 11.3 Å². The molecule has 3 aliphatic rings. The van der Waals surface area contributed by atoms with E-state index in [-0.39, 0.29) is 24.2 Å². The maximum absolute atomic E-state index is 14.0. The highest BCUT2D eigenvalue weighted by atomic mass is 16.3. The Labute approximate surface area is 235 Å². The molecule has 210 valence electrons. The second kappa shape index (κ2) is 11.2. The normalized spacial score (nSPS) is 24.7. The highest BCUT2D eigenvalue weighted by Crippen LogP contribution is 2.50. The average Bonchev–Trinajstić information content (AvgIpc) is 3.01. The van der Waals surface area contributed by atoms with Gasteiger partial charge in [0.1, 0.15) is 0 Å². The zero-order valence-corrected chi connectivity index (χ0v) is 23.0. The van der Waals surface area contributed by atoms with Crippen molar-refractivity contribution in [3.63, 3.8) is 0 Å². The summed E-state index contributed by atoms with van der Waals surface area (Å²) in [4.78, 5) is 35.8. The van der Waals surface area contributed by atoms with E-state index in [0.717, 1.165) is 56.3 Å². The molecule has 40 heavy (non-hydrogen) atoms. The van der Waals surface area contributed by atoms with Gasteiger partial charge in [0.25, 0.3) is 5.56 Å². The van der Waals surface area contributed by atoms with Crippen molar-refractivity contribution in [2.75, 3.05) is 32.7 Å². The van der Waals surface area contributed by atoms with Crippen molar-refractivity contribution in [2.24, 2.45) is 5.41 Å². The number of likely N-dealkylation sites (tertiary alicyclic amines) is 1. The van der Waals surface area contributed by atoms with Gasteiger partial charge >= 0.3 is 6.03 Å². The van der Waals surface area contributed by atoms with E-state index in [1.807, 2.05) is 58.3 Å². The van der Waals surface area contributed by atoms with Crippen LogP contribution in [0.2, 0.25) is 0 Å². The summed E-state index contributed by atoms with van der Waals surface area (Å²) in [6.07, 6.45) is 6.88. The maximum atomic E-state index is 14.0. The second-order valence-electron chi connectivity index (χ2n) is 11.8. The third-order valence-corrected chi connectivity index (χ3v) is 9.41. The smallest absolute Gasteiger partial charge is 0.320 e. The van der Waals surface area contributed by atoms with Gasteiger partial charge in [-0.05, 0) is 24.8 Å². The standard InChI is InChI=1S/C32H39N5O3/c38-29-20-27(25-10-4-1-5-11-25)34-24-36(29)23-32(40)16-18-35(22-31(32)14-8-3-9-15-31)30(39)37-19-17-33-21-28(37)26-12-6-2-7-13-26/h1-2,4-7,10-13,20,24,28,33,40H,3,8-9,14-19,21-23H2/t28-,32?/m0/s1. The van der Waals surface area contributed by atoms with Gasteiger partial charge in [-0.25, -0.2) is 9.78 Å². The molecule has 8 nitrogen and oxygen atoms in total. The van der Waals surface area contributed by atoms with Crippen molar-refractivity contribution < 1.29 is 9.90 Å². The van der Waals surface area contributed by atoms with E-state index >= 15 is 0 Å². The first kappa shape index (κ1) is 26.7. The number of piperidine rings is 1. The number of nitrogens with zero attached hydrogens (tertiary/aromatic N) is 4. The Morgan fingerprint density at radius 3 is 2.42 bits per heavy atom. The monoisotopic (exact) mass is 541 g/mol. The third kappa shape index (κ3) is 5.06. The van der Waals surface area contributed by atoms with Gasteiger partial charge in [0.2, 0.25) is 0 Å². The van der Waals surface area contributed by atoms with E-state index in [4.69, 9.17) is 0 Å². The summed E-state index contributed by atoms with van der Waals surface area (Å²) in [6, 6.07) is 21.5. The molecule has 1 aliphatic carbocycles. The van der Waals surface area contributed by atoms with Crippen LogP contribution in [-0.4, -0.2) is 68.8 Å². The van der Waals surface area contributed by atoms with Gasteiger partial charge in [0, 0.05) is 49.8 Å². The molecule has 3 heterocycles. The summed E-state index contributed by atoms with van der Waals surface area (Å²) >= 11 is 0. The number of carbonyl (C=O) groups is 1. The van der Waals surface area contributed by atoms with Crippen LogP contribution >= 0.6 is 0 Å². The first-order valence-corrected chi connectivity index (χ1v) is 14.6. The number of amides is 2. The van der Waals surface area contributed by atoms with E-state index in [2.05, 4.69) is 22.4 Å². The minimum atomic E-state index is -1.09. The quantitative estimate of drug-likeness (QED) is 0.520. The average molecular weight is 542 g/mol. The molecule has 8 heteroatoms. The predicted octanol–water partition coefficient (Wildman–Crippen LogP) is 4.06. The summed E-state index contributed by atoms with van der Waals surface area (Å²) in [5.74, 6) is 0. The van der Waals surface area contributed by atoms with Crippen LogP contribution < -0.4 is 10.9 Å². The molecule has 2 amide bonds. The van der Waals surface area contributed by atoms with Gasteiger partial charge in [0.05, 0.1) is 30.2 Å². The summed E-state index contributed by atoms with van der Waals surface area (Å²) in [7, 11) is 0. The summed E-state index contributed by atoms with van der Waals surface area (Å²) < 4.78 is 1.56. The van der Waals surface area contributed by atoms with E-state index < -0.39 is 11.0 Å². The molecule has 1 spiro atoms. The molecule has 2 aliphatic heterocycles. The molecule has 3 aromatic rings. The summed E-state index contributed by atoms with van der Waals surface area (Å²) in [5.41, 5.74) is 0.945. The van der Waals surface area contributed by atoms with Crippen LogP contribution in [0.4, 0.5) is 4.79 Å². The van der Waals surface area contributed by atoms with Crippen LogP contribution in [0, 0.1) is 5.41 Å². The zero-order valence-electron chi connectivity index (χ0n) is 23.0. The fourth-order valence-corrected chi connectivity index (χ4v) is 7.12. The van der Waals surface area contributed by atoms with Gasteiger partial charge in [-0.3, -0.25) is 9.36 Å². The molecule has 1 saturated carbocycles. The van der Waals surface area contributed by atoms with Gasteiger partial charge < -0.3 is 20.2 Å². The molecule has 2 N–H and O–H groups in total. The number of carbonyl (C=O) groups excluding carboxylic acids is 1. The Kier molecular flexibility index (Phi) is 7.47. The van der Waals surface area contributed by atoms with Crippen LogP contribution in [-0.2, 0) is 6.54 Å². The van der Waals surface area contributed by atoms with Gasteiger partial charge in [0.15, 0.2) is 0 Å². The molecule has 6 rings (SSSR count).